The number of hydrogen-bond acceptors (Lipinski definition) is 3. The molecule has 0 saturated carbocycles. The number of benzene rings is 1. The summed E-state index contributed by atoms with van der Waals surface area (Å²) in [5, 5.41) is 0. The summed E-state index contributed by atoms with van der Waals surface area (Å²) < 4.78 is 28.0. The highest BCUT2D eigenvalue weighted by atomic mass is 32.2. The van der Waals surface area contributed by atoms with Gasteiger partial charge in [-0.1, -0.05) is 39.8 Å². The molecule has 0 unspecified atom stereocenters. The zero-order valence-corrected chi connectivity index (χ0v) is 15.6. The molecule has 2 rings (SSSR count). The Kier molecular flexibility index (Phi) is 5.87. The van der Waals surface area contributed by atoms with Gasteiger partial charge in [0, 0.05) is 6.04 Å². The third kappa shape index (κ3) is 5.03. The molecular formula is C18H30N2O2S. The van der Waals surface area contributed by atoms with Crippen molar-refractivity contribution in [2.75, 3.05) is 19.6 Å². The minimum atomic E-state index is -3.42. The number of nitrogens with one attached hydrogen (secondary N) is 1. The molecule has 5 heteroatoms. The van der Waals surface area contributed by atoms with Crippen LogP contribution in [0, 0.1) is 0 Å². The highest BCUT2D eigenvalue weighted by Crippen LogP contribution is 2.23. The van der Waals surface area contributed by atoms with Gasteiger partial charge in [0.1, 0.15) is 0 Å². The van der Waals surface area contributed by atoms with Gasteiger partial charge in [-0.2, -0.15) is 0 Å². The summed E-state index contributed by atoms with van der Waals surface area (Å²) in [6.45, 7) is 11.6. The van der Waals surface area contributed by atoms with Gasteiger partial charge in [0.05, 0.1) is 4.90 Å². The lowest BCUT2D eigenvalue weighted by Crippen LogP contribution is -2.44. The van der Waals surface area contributed by atoms with Gasteiger partial charge in [0.15, 0.2) is 0 Å². The van der Waals surface area contributed by atoms with E-state index in [0.717, 1.165) is 44.5 Å². The summed E-state index contributed by atoms with van der Waals surface area (Å²) in [5.41, 5.74) is 1.17. The molecule has 0 spiro atoms. The van der Waals surface area contributed by atoms with Crippen molar-refractivity contribution in [3.63, 3.8) is 0 Å². The summed E-state index contributed by atoms with van der Waals surface area (Å²) >= 11 is 0. The standard InChI is InChI=1S/C18H30N2O2S/c1-5-12-20-13-10-16(11-14-20)19-23(21,22)17-8-6-15(7-9-17)18(2,3)4/h6-9,16,19H,5,10-14H2,1-4H3. The molecule has 0 aliphatic carbocycles. The minimum Gasteiger partial charge on any atom is -0.303 e. The molecule has 0 bridgehead atoms. The molecule has 1 N–H and O–H groups in total. The molecule has 0 atom stereocenters. The topological polar surface area (TPSA) is 49.4 Å². The Bertz CT molecular complexity index is 595. The van der Waals surface area contributed by atoms with Crippen LogP contribution >= 0.6 is 0 Å². The average Bonchev–Trinajstić information content (AvgIpc) is 2.48. The van der Waals surface area contributed by atoms with E-state index in [4.69, 9.17) is 0 Å². The molecule has 0 aromatic heterocycles. The fourth-order valence-corrected chi connectivity index (χ4v) is 4.32. The van der Waals surface area contributed by atoms with Crippen LogP contribution in [0.3, 0.4) is 0 Å². The summed E-state index contributed by atoms with van der Waals surface area (Å²) in [4.78, 5) is 2.77. The van der Waals surface area contributed by atoms with E-state index in [0.29, 0.717) is 4.90 Å². The Morgan fingerprint density at radius 2 is 1.70 bits per heavy atom. The number of nitrogens with zero attached hydrogens (tertiary/aromatic N) is 1. The maximum absolute atomic E-state index is 12.5. The second-order valence-corrected chi connectivity index (χ2v) is 9.23. The van der Waals surface area contributed by atoms with E-state index >= 15 is 0 Å². The van der Waals surface area contributed by atoms with Gasteiger partial charge in [0.2, 0.25) is 10.0 Å². The van der Waals surface area contributed by atoms with Crippen LogP contribution < -0.4 is 4.72 Å². The normalized spacial score (nSPS) is 18.3. The van der Waals surface area contributed by atoms with E-state index in [-0.39, 0.29) is 11.5 Å². The van der Waals surface area contributed by atoms with Crippen molar-refractivity contribution in [2.24, 2.45) is 0 Å². The molecule has 1 aliphatic rings. The average molecular weight is 339 g/mol. The maximum atomic E-state index is 12.5. The van der Waals surface area contributed by atoms with Crippen LogP contribution in [-0.4, -0.2) is 39.0 Å². The molecule has 1 aliphatic heterocycles. The lowest BCUT2D eigenvalue weighted by molar-refractivity contribution is 0.208. The predicted octanol–water partition coefficient (Wildman–Crippen LogP) is 3.14. The lowest BCUT2D eigenvalue weighted by Gasteiger charge is -2.31. The first-order valence-electron chi connectivity index (χ1n) is 8.57. The zero-order valence-electron chi connectivity index (χ0n) is 14.8. The molecule has 0 radical (unpaired) electrons. The Balaban J connectivity index is 2.00. The quantitative estimate of drug-likeness (QED) is 0.897. The Hall–Kier alpha value is -0.910. The zero-order chi connectivity index (χ0) is 17.1. The first kappa shape index (κ1) is 18.4. The minimum absolute atomic E-state index is 0.0296. The van der Waals surface area contributed by atoms with Crippen LogP contribution in [0.25, 0.3) is 0 Å². The van der Waals surface area contributed by atoms with E-state index < -0.39 is 10.0 Å². The molecule has 4 nitrogen and oxygen atoms in total. The van der Waals surface area contributed by atoms with Gasteiger partial charge in [0.25, 0.3) is 0 Å². The number of likely N-dealkylation sites (tertiary alicyclic amines) is 1. The van der Waals surface area contributed by atoms with Gasteiger partial charge < -0.3 is 4.90 Å². The molecule has 1 saturated heterocycles. The number of rotatable bonds is 5. The summed E-state index contributed by atoms with van der Waals surface area (Å²) in [6.07, 6.45) is 2.93. The monoisotopic (exact) mass is 338 g/mol. The first-order valence-corrected chi connectivity index (χ1v) is 10.1. The van der Waals surface area contributed by atoms with Gasteiger partial charge >= 0.3 is 0 Å². The summed E-state index contributed by atoms with van der Waals surface area (Å²) in [7, 11) is -3.42. The molecule has 1 heterocycles. The maximum Gasteiger partial charge on any atom is 0.240 e. The lowest BCUT2D eigenvalue weighted by atomic mass is 9.87. The van der Waals surface area contributed by atoms with Gasteiger partial charge in [-0.3, -0.25) is 0 Å². The molecule has 23 heavy (non-hydrogen) atoms. The molecule has 1 aromatic carbocycles. The van der Waals surface area contributed by atoms with E-state index in [1.807, 2.05) is 12.1 Å². The van der Waals surface area contributed by atoms with Crippen molar-refractivity contribution in [3.05, 3.63) is 29.8 Å². The molecule has 0 amide bonds. The van der Waals surface area contributed by atoms with Crippen LogP contribution in [0.4, 0.5) is 0 Å². The Labute approximate surface area is 141 Å². The highest BCUT2D eigenvalue weighted by molar-refractivity contribution is 7.89. The van der Waals surface area contributed by atoms with Crippen LogP contribution in [-0.2, 0) is 15.4 Å². The van der Waals surface area contributed by atoms with Crippen LogP contribution in [0.1, 0.15) is 52.5 Å². The second kappa shape index (κ2) is 7.32. The predicted molar refractivity (Wildman–Crippen MR) is 95.2 cm³/mol. The smallest absolute Gasteiger partial charge is 0.240 e. The van der Waals surface area contributed by atoms with Crippen molar-refractivity contribution in [3.8, 4) is 0 Å². The summed E-state index contributed by atoms with van der Waals surface area (Å²) in [6, 6.07) is 7.32. The molecule has 130 valence electrons. The van der Waals surface area contributed by atoms with Crippen molar-refractivity contribution >= 4 is 10.0 Å². The van der Waals surface area contributed by atoms with Gasteiger partial charge in [-0.15, -0.1) is 0 Å². The number of piperidine rings is 1. The number of sulfonamides is 1. The fourth-order valence-electron chi connectivity index (χ4n) is 3.01. The van der Waals surface area contributed by atoms with Crippen molar-refractivity contribution in [1.29, 1.82) is 0 Å². The Morgan fingerprint density at radius 3 is 2.17 bits per heavy atom. The number of hydrogen-bond donors (Lipinski definition) is 1. The van der Waals surface area contributed by atoms with Crippen LogP contribution in [0.2, 0.25) is 0 Å². The van der Waals surface area contributed by atoms with Gasteiger partial charge in [-0.05, 0) is 62.0 Å². The van der Waals surface area contributed by atoms with E-state index in [2.05, 4.69) is 37.3 Å². The first-order chi connectivity index (χ1) is 10.7. The van der Waals surface area contributed by atoms with E-state index in [1.165, 1.54) is 0 Å². The third-order valence-electron chi connectivity index (χ3n) is 4.48. The molecular weight excluding hydrogens is 308 g/mol. The highest BCUT2D eigenvalue weighted by Gasteiger charge is 2.24. The van der Waals surface area contributed by atoms with Crippen LogP contribution in [0.5, 0.6) is 0 Å². The largest absolute Gasteiger partial charge is 0.303 e. The van der Waals surface area contributed by atoms with Crippen molar-refractivity contribution in [2.45, 2.75) is 63.3 Å². The fraction of sp³-hybridized carbons (Fsp3) is 0.667. The van der Waals surface area contributed by atoms with E-state index in [1.54, 1.807) is 12.1 Å². The van der Waals surface area contributed by atoms with Crippen LogP contribution in [0.15, 0.2) is 29.2 Å². The second-order valence-electron chi connectivity index (χ2n) is 7.51. The SMILES string of the molecule is CCCN1CCC(NS(=O)(=O)c2ccc(C(C)(C)C)cc2)CC1. The van der Waals surface area contributed by atoms with Gasteiger partial charge in [-0.25, -0.2) is 13.1 Å². The van der Waals surface area contributed by atoms with E-state index in [9.17, 15) is 8.42 Å². The van der Waals surface area contributed by atoms with Crippen molar-refractivity contribution < 1.29 is 8.42 Å². The van der Waals surface area contributed by atoms with Crippen molar-refractivity contribution in [1.82, 2.24) is 9.62 Å². The molecule has 1 aromatic rings. The summed E-state index contributed by atoms with van der Waals surface area (Å²) in [5.74, 6) is 0. The third-order valence-corrected chi connectivity index (χ3v) is 6.02. The molecule has 1 fully saturated rings. The Morgan fingerprint density at radius 1 is 1.13 bits per heavy atom.